The molecule has 1 aromatic heterocycles. The predicted octanol–water partition coefficient (Wildman–Crippen LogP) is 2.61. The van der Waals surface area contributed by atoms with Gasteiger partial charge in [0.15, 0.2) is 0 Å². The molecule has 1 fully saturated rings. The Bertz CT molecular complexity index is 632. The van der Waals surface area contributed by atoms with Gasteiger partial charge >= 0.3 is 0 Å². The Kier molecular flexibility index (Phi) is 5.25. The van der Waals surface area contributed by atoms with Crippen LogP contribution in [0.5, 0.6) is 0 Å². The predicted molar refractivity (Wildman–Crippen MR) is 97.8 cm³/mol. The first-order valence-corrected chi connectivity index (χ1v) is 9.75. The average molecular weight is 350 g/mol. The molecule has 5 nitrogen and oxygen atoms in total. The van der Waals surface area contributed by atoms with Crippen LogP contribution in [0.4, 0.5) is 5.00 Å². The molecule has 1 saturated heterocycles. The number of nitrogens with zero attached hydrogens (tertiary/aromatic N) is 2. The summed E-state index contributed by atoms with van der Waals surface area (Å²) in [6.07, 6.45) is 3.08. The molecule has 3 rings (SSSR count). The van der Waals surface area contributed by atoms with Gasteiger partial charge in [-0.05, 0) is 37.3 Å². The normalized spacial score (nSPS) is 21.5. The van der Waals surface area contributed by atoms with E-state index in [1.807, 2.05) is 4.90 Å². The third kappa shape index (κ3) is 3.49. The van der Waals surface area contributed by atoms with Crippen molar-refractivity contribution >= 4 is 28.2 Å². The smallest absolute Gasteiger partial charge is 0.257 e. The summed E-state index contributed by atoms with van der Waals surface area (Å²) in [6.45, 7) is 10.4. The molecule has 1 atom stereocenters. The third-order valence-corrected chi connectivity index (χ3v) is 6.29. The minimum absolute atomic E-state index is 0.0987. The first-order valence-electron chi connectivity index (χ1n) is 8.93. The van der Waals surface area contributed by atoms with Crippen molar-refractivity contribution in [3.63, 3.8) is 0 Å². The van der Waals surface area contributed by atoms with Crippen LogP contribution in [0.15, 0.2) is 0 Å². The highest BCUT2D eigenvalue weighted by Crippen LogP contribution is 2.40. The lowest BCUT2D eigenvalue weighted by Crippen LogP contribution is -2.48. The number of carbonyl (C=O) groups is 2. The van der Waals surface area contributed by atoms with Gasteiger partial charge in [-0.3, -0.25) is 9.59 Å². The highest BCUT2D eigenvalue weighted by atomic mass is 32.1. The van der Waals surface area contributed by atoms with Crippen LogP contribution in [0.25, 0.3) is 0 Å². The Morgan fingerprint density at radius 1 is 1.25 bits per heavy atom. The fraction of sp³-hybridized carbons (Fsp3) is 0.667. The van der Waals surface area contributed by atoms with Gasteiger partial charge < -0.3 is 15.1 Å². The second-order valence-corrected chi connectivity index (χ2v) is 8.07. The molecule has 1 aliphatic heterocycles. The number of likely N-dealkylation sites (N-methyl/N-ethyl adjacent to an activating group) is 1. The van der Waals surface area contributed by atoms with Gasteiger partial charge in [-0.2, -0.15) is 0 Å². The van der Waals surface area contributed by atoms with Gasteiger partial charge in [0.1, 0.15) is 5.00 Å². The first kappa shape index (κ1) is 17.4. The second kappa shape index (κ2) is 7.23. The molecule has 1 aromatic rings. The summed E-state index contributed by atoms with van der Waals surface area (Å²) >= 11 is 1.60. The Balaban J connectivity index is 1.88. The highest BCUT2D eigenvalue weighted by Gasteiger charge is 2.31. The van der Waals surface area contributed by atoms with E-state index in [0.717, 1.165) is 62.6 Å². The Labute approximate surface area is 148 Å². The van der Waals surface area contributed by atoms with Gasteiger partial charge in [0.05, 0.1) is 5.56 Å². The molecule has 2 heterocycles. The molecular formula is C18H27N3O2S. The number of anilines is 1. The molecule has 1 N–H and O–H groups in total. The van der Waals surface area contributed by atoms with Gasteiger partial charge in [-0.1, -0.05) is 13.8 Å². The quantitative estimate of drug-likeness (QED) is 0.913. The van der Waals surface area contributed by atoms with Crippen molar-refractivity contribution in [2.24, 2.45) is 5.92 Å². The Hall–Kier alpha value is -1.40. The van der Waals surface area contributed by atoms with Gasteiger partial charge in [-0.25, -0.2) is 0 Å². The molecule has 6 heteroatoms. The molecule has 0 spiro atoms. The summed E-state index contributed by atoms with van der Waals surface area (Å²) in [5, 5.41) is 3.66. The summed E-state index contributed by atoms with van der Waals surface area (Å²) in [6, 6.07) is 0. The highest BCUT2D eigenvalue weighted by molar-refractivity contribution is 7.17. The number of hydrogen-bond donors (Lipinski definition) is 1. The van der Waals surface area contributed by atoms with Gasteiger partial charge in [0.2, 0.25) is 5.91 Å². The Morgan fingerprint density at radius 3 is 2.58 bits per heavy atom. The number of thiophene rings is 1. The molecule has 0 bridgehead atoms. The van der Waals surface area contributed by atoms with E-state index in [0.29, 0.717) is 5.92 Å². The number of hydrogen-bond acceptors (Lipinski definition) is 4. The number of nitrogens with one attached hydrogen (secondary N) is 1. The number of rotatable bonds is 3. The largest absolute Gasteiger partial charge is 0.336 e. The lowest BCUT2D eigenvalue weighted by molar-refractivity contribution is -0.114. The first-order chi connectivity index (χ1) is 11.5. The van der Waals surface area contributed by atoms with Crippen LogP contribution in [-0.2, 0) is 17.6 Å². The third-order valence-electron chi connectivity index (χ3n) is 5.12. The monoisotopic (exact) mass is 349 g/mol. The van der Waals surface area contributed by atoms with E-state index in [2.05, 4.69) is 24.1 Å². The minimum atomic E-state index is -0.105. The van der Waals surface area contributed by atoms with E-state index in [1.165, 1.54) is 17.4 Å². The number of piperazine rings is 1. The maximum atomic E-state index is 13.2. The van der Waals surface area contributed by atoms with Crippen molar-refractivity contribution in [2.45, 2.75) is 40.0 Å². The zero-order chi connectivity index (χ0) is 17.3. The average Bonchev–Trinajstić information content (AvgIpc) is 2.90. The summed E-state index contributed by atoms with van der Waals surface area (Å²) < 4.78 is 0. The van der Waals surface area contributed by atoms with Crippen molar-refractivity contribution in [3.8, 4) is 0 Å². The Morgan fingerprint density at radius 2 is 1.96 bits per heavy atom. The molecule has 0 aromatic carbocycles. The molecule has 1 aliphatic carbocycles. The van der Waals surface area contributed by atoms with Crippen molar-refractivity contribution in [1.82, 2.24) is 9.80 Å². The van der Waals surface area contributed by atoms with Crippen molar-refractivity contribution < 1.29 is 9.59 Å². The molecule has 0 radical (unpaired) electrons. The van der Waals surface area contributed by atoms with Crippen molar-refractivity contribution in [3.05, 3.63) is 16.0 Å². The zero-order valence-corrected chi connectivity index (χ0v) is 15.7. The summed E-state index contributed by atoms with van der Waals surface area (Å²) in [5.74, 6) is 0.644. The van der Waals surface area contributed by atoms with Gasteiger partial charge in [0, 0.05) is 38.0 Å². The number of fused-ring (bicyclic) bond motifs is 1. The fourth-order valence-electron chi connectivity index (χ4n) is 3.65. The standard InChI is InChI=1S/C18H27N3O2S/c1-4-20-7-9-21(10-8-20)18(23)16-14-6-5-12(2)11-15(14)24-17(16)19-13(3)22/h12H,4-11H2,1-3H3,(H,19,22). The zero-order valence-electron chi connectivity index (χ0n) is 14.9. The van der Waals surface area contributed by atoms with Crippen LogP contribution in [0.3, 0.4) is 0 Å². The fourth-order valence-corrected chi connectivity index (χ4v) is 5.10. The molecule has 2 aliphatic rings. The minimum Gasteiger partial charge on any atom is -0.336 e. The number of amides is 2. The lowest BCUT2D eigenvalue weighted by atomic mass is 9.88. The topological polar surface area (TPSA) is 52.6 Å². The summed E-state index contributed by atoms with van der Waals surface area (Å²) in [5.41, 5.74) is 1.95. The maximum absolute atomic E-state index is 13.2. The van der Waals surface area contributed by atoms with E-state index in [-0.39, 0.29) is 11.8 Å². The van der Waals surface area contributed by atoms with Crippen LogP contribution in [0.2, 0.25) is 0 Å². The molecule has 132 valence electrons. The van der Waals surface area contributed by atoms with Crippen LogP contribution >= 0.6 is 11.3 Å². The lowest BCUT2D eigenvalue weighted by Gasteiger charge is -2.34. The maximum Gasteiger partial charge on any atom is 0.257 e. The molecule has 0 saturated carbocycles. The van der Waals surface area contributed by atoms with Gasteiger partial charge in [-0.15, -0.1) is 11.3 Å². The van der Waals surface area contributed by atoms with Crippen LogP contribution in [0.1, 0.15) is 48.0 Å². The van der Waals surface area contributed by atoms with E-state index >= 15 is 0 Å². The molecular weight excluding hydrogens is 322 g/mol. The molecule has 24 heavy (non-hydrogen) atoms. The summed E-state index contributed by atoms with van der Waals surface area (Å²) in [4.78, 5) is 30.4. The molecule has 2 amide bonds. The number of carbonyl (C=O) groups excluding carboxylic acids is 2. The van der Waals surface area contributed by atoms with E-state index < -0.39 is 0 Å². The summed E-state index contributed by atoms with van der Waals surface area (Å²) in [7, 11) is 0. The van der Waals surface area contributed by atoms with Gasteiger partial charge in [0.25, 0.3) is 5.91 Å². The van der Waals surface area contributed by atoms with E-state index in [1.54, 1.807) is 11.3 Å². The van der Waals surface area contributed by atoms with Crippen LogP contribution in [-0.4, -0.2) is 54.3 Å². The molecule has 1 unspecified atom stereocenters. The van der Waals surface area contributed by atoms with Crippen LogP contribution < -0.4 is 5.32 Å². The van der Waals surface area contributed by atoms with Crippen LogP contribution in [0, 0.1) is 5.92 Å². The SMILES string of the molecule is CCN1CCN(C(=O)c2c(NC(C)=O)sc3c2CCC(C)C3)CC1. The van der Waals surface area contributed by atoms with Crippen molar-refractivity contribution in [2.75, 3.05) is 38.0 Å². The second-order valence-electron chi connectivity index (χ2n) is 6.96. The van der Waals surface area contributed by atoms with E-state index in [9.17, 15) is 9.59 Å². The van der Waals surface area contributed by atoms with Crippen molar-refractivity contribution in [1.29, 1.82) is 0 Å². The van der Waals surface area contributed by atoms with E-state index in [4.69, 9.17) is 0 Å².